The lowest BCUT2D eigenvalue weighted by molar-refractivity contribution is 0.0595. The SMILES string of the molecule is COC(=O)c1[nH]nc2c1NCCN2. The molecule has 1 aliphatic heterocycles. The van der Waals surface area contributed by atoms with Gasteiger partial charge in [-0.05, 0) is 0 Å². The van der Waals surface area contributed by atoms with Crippen LogP contribution in [0.5, 0.6) is 0 Å². The van der Waals surface area contributed by atoms with Crippen molar-refractivity contribution >= 4 is 17.5 Å². The number of hydrogen-bond donors (Lipinski definition) is 3. The molecule has 0 fully saturated rings. The van der Waals surface area contributed by atoms with Gasteiger partial charge in [-0.3, -0.25) is 5.10 Å². The molecular weight excluding hydrogens is 172 g/mol. The monoisotopic (exact) mass is 182 g/mol. The van der Waals surface area contributed by atoms with Crippen LogP contribution in [-0.2, 0) is 4.74 Å². The van der Waals surface area contributed by atoms with Gasteiger partial charge < -0.3 is 15.4 Å². The van der Waals surface area contributed by atoms with Gasteiger partial charge in [-0.1, -0.05) is 0 Å². The Hall–Kier alpha value is -1.72. The highest BCUT2D eigenvalue weighted by Gasteiger charge is 2.21. The molecule has 0 spiro atoms. The second-order valence-electron chi connectivity index (χ2n) is 2.67. The van der Waals surface area contributed by atoms with Crippen LogP contribution in [0.25, 0.3) is 0 Å². The molecule has 6 nitrogen and oxygen atoms in total. The molecule has 13 heavy (non-hydrogen) atoms. The molecule has 0 amide bonds. The number of anilines is 2. The molecule has 0 radical (unpaired) electrons. The van der Waals surface area contributed by atoms with E-state index in [1.165, 1.54) is 7.11 Å². The van der Waals surface area contributed by atoms with E-state index in [1.807, 2.05) is 0 Å². The van der Waals surface area contributed by atoms with Crippen LogP contribution >= 0.6 is 0 Å². The first kappa shape index (κ1) is 7.90. The van der Waals surface area contributed by atoms with Crippen LogP contribution in [0, 0.1) is 0 Å². The molecule has 70 valence electrons. The molecular formula is C7H10N4O2. The van der Waals surface area contributed by atoms with Crippen molar-refractivity contribution in [1.29, 1.82) is 0 Å². The quantitative estimate of drug-likeness (QED) is 0.534. The molecule has 0 saturated carbocycles. The summed E-state index contributed by atoms with van der Waals surface area (Å²) >= 11 is 0. The van der Waals surface area contributed by atoms with Crippen molar-refractivity contribution < 1.29 is 9.53 Å². The third kappa shape index (κ3) is 1.20. The summed E-state index contributed by atoms with van der Waals surface area (Å²) < 4.78 is 4.58. The van der Waals surface area contributed by atoms with Crippen molar-refractivity contribution in [3.63, 3.8) is 0 Å². The van der Waals surface area contributed by atoms with Crippen LogP contribution in [0.4, 0.5) is 11.5 Å². The first-order chi connectivity index (χ1) is 6.33. The highest BCUT2D eigenvalue weighted by molar-refractivity contribution is 5.96. The Bertz CT molecular complexity index is 333. The first-order valence-corrected chi connectivity index (χ1v) is 3.97. The van der Waals surface area contributed by atoms with E-state index in [0.29, 0.717) is 17.2 Å². The van der Waals surface area contributed by atoms with Crippen molar-refractivity contribution in [2.45, 2.75) is 0 Å². The minimum atomic E-state index is -0.412. The summed E-state index contributed by atoms with van der Waals surface area (Å²) in [4.78, 5) is 11.2. The van der Waals surface area contributed by atoms with E-state index in [0.717, 1.165) is 13.1 Å². The lowest BCUT2D eigenvalue weighted by atomic mass is 10.3. The number of carbonyl (C=O) groups excluding carboxylic acids is 1. The van der Waals surface area contributed by atoms with E-state index >= 15 is 0 Å². The second kappa shape index (κ2) is 2.96. The molecule has 0 aliphatic carbocycles. The van der Waals surface area contributed by atoms with E-state index in [9.17, 15) is 4.79 Å². The van der Waals surface area contributed by atoms with E-state index < -0.39 is 5.97 Å². The zero-order valence-corrected chi connectivity index (χ0v) is 7.18. The fourth-order valence-electron chi connectivity index (χ4n) is 1.26. The summed E-state index contributed by atoms with van der Waals surface area (Å²) in [5, 5.41) is 12.7. The van der Waals surface area contributed by atoms with Gasteiger partial charge in [0.15, 0.2) is 11.5 Å². The lowest BCUT2D eigenvalue weighted by Crippen LogP contribution is -2.21. The zero-order chi connectivity index (χ0) is 9.26. The summed E-state index contributed by atoms with van der Waals surface area (Å²) in [5.41, 5.74) is 1.06. The summed E-state index contributed by atoms with van der Waals surface area (Å²) in [6.07, 6.45) is 0. The Morgan fingerprint density at radius 1 is 1.46 bits per heavy atom. The van der Waals surface area contributed by atoms with Gasteiger partial charge in [-0.15, -0.1) is 0 Å². The summed E-state index contributed by atoms with van der Waals surface area (Å²) in [7, 11) is 1.34. The minimum absolute atomic E-state index is 0.365. The van der Waals surface area contributed by atoms with Gasteiger partial charge in [-0.2, -0.15) is 5.10 Å². The summed E-state index contributed by atoms with van der Waals surface area (Å²) in [5.74, 6) is 0.261. The smallest absolute Gasteiger partial charge is 0.358 e. The number of fused-ring (bicyclic) bond motifs is 1. The van der Waals surface area contributed by atoms with Crippen molar-refractivity contribution in [2.24, 2.45) is 0 Å². The Morgan fingerprint density at radius 3 is 3.00 bits per heavy atom. The van der Waals surface area contributed by atoms with Crippen LogP contribution in [0.15, 0.2) is 0 Å². The standard InChI is InChI=1S/C7H10N4O2/c1-13-7(12)5-4-6(11-10-5)9-3-2-8-4/h8H,2-3H2,1H3,(H2,9,10,11). The Balaban J connectivity index is 2.36. The second-order valence-corrected chi connectivity index (χ2v) is 2.67. The molecule has 2 heterocycles. The van der Waals surface area contributed by atoms with Crippen LogP contribution < -0.4 is 10.6 Å². The van der Waals surface area contributed by atoms with Gasteiger partial charge >= 0.3 is 5.97 Å². The predicted molar refractivity (Wildman–Crippen MR) is 46.9 cm³/mol. The lowest BCUT2D eigenvalue weighted by Gasteiger charge is -2.14. The van der Waals surface area contributed by atoms with Crippen molar-refractivity contribution in [3.05, 3.63) is 5.69 Å². The zero-order valence-electron chi connectivity index (χ0n) is 7.18. The molecule has 0 atom stereocenters. The third-order valence-electron chi connectivity index (χ3n) is 1.88. The molecule has 1 aliphatic rings. The Kier molecular flexibility index (Phi) is 1.80. The molecule has 0 bridgehead atoms. The van der Waals surface area contributed by atoms with Gasteiger partial charge in [0.1, 0.15) is 5.69 Å². The number of ether oxygens (including phenoxy) is 1. The molecule has 2 rings (SSSR count). The highest BCUT2D eigenvalue weighted by atomic mass is 16.5. The Morgan fingerprint density at radius 2 is 2.23 bits per heavy atom. The van der Waals surface area contributed by atoms with Crippen molar-refractivity contribution in [2.75, 3.05) is 30.8 Å². The first-order valence-electron chi connectivity index (χ1n) is 3.97. The number of carbonyl (C=O) groups is 1. The van der Waals surface area contributed by atoms with Crippen LogP contribution in [0.1, 0.15) is 10.5 Å². The van der Waals surface area contributed by atoms with E-state index in [2.05, 4.69) is 25.6 Å². The van der Waals surface area contributed by atoms with Gasteiger partial charge in [0.25, 0.3) is 0 Å². The van der Waals surface area contributed by atoms with Gasteiger partial charge in [0.2, 0.25) is 0 Å². The predicted octanol–water partition coefficient (Wildman–Crippen LogP) is 0.0337. The summed E-state index contributed by atoms with van der Waals surface area (Å²) in [6.45, 7) is 1.58. The maximum absolute atomic E-state index is 11.2. The average Bonchev–Trinajstić information content (AvgIpc) is 2.60. The number of aromatic amines is 1. The van der Waals surface area contributed by atoms with Gasteiger partial charge in [-0.25, -0.2) is 4.79 Å². The molecule has 0 saturated heterocycles. The van der Waals surface area contributed by atoms with Gasteiger partial charge in [0.05, 0.1) is 7.11 Å². The maximum atomic E-state index is 11.2. The number of rotatable bonds is 1. The largest absolute Gasteiger partial charge is 0.464 e. The topological polar surface area (TPSA) is 79.0 Å². The number of nitrogens with one attached hydrogen (secondary N) is 3. The van der Waals surface area contributed by atoms with E-state index in [1.54, 1.807) is 0 Å². The number of methoxy groups -OCH3 is 1. The maximum Gasteiger partial charge on any atom is 0.358 e. The molecule has 6 heteroatoms. The number of H-pyrrole nitrogens is 1. The number of nitrogens with zero attached hydrogens (tertiary/aromatic N) is 1. The third-order valence-corrected chi connectivity index (χ3v) is 1.88. The van der Waals surface area contributed by atoms with E-state index in [-0.39, 0.29) is 0 Å². The van der Waals surface area contributed by atoms with Crippen LogP contribution in [0.3, 0.4) is 0 Å². The average molecular weight is 182 g/mol. The molecule has 0 unspecified atom stereocenters. The Labute approximate surface area is 74.7 Å². The fraction of sp³-hybridized carbons (Fsp3) is 0.429. The number of esters is 1. The van der Waals surface area contributed by atoms with E-state index in [4.69, 9.17) is 0 Å². The van der Waals surface area contributed by atoms with Gasteiger partial charge in [0, 0.05) is 13.1 Å². The van der Waals surface area contributed by atoms with Crippen molar-refractivity contribution in [1.82, 2.24) is 10.2 Å². The molecule has 0 aromatic carbocycles. The minimum Gasteiger partial charge on any atom is -0.464 e. The normalized spacial score (nSPS) is 13.9. The number of hydrogen-bond acceptors (Lipinski definition) is 5. The van der Waals surface area contributed by atoms with Crippen molar-refractivity contribution in [3.8, 4) is 0 Å². The summed E-state index contributed by atoms with van der Waals surface area (Å²) in [6, 6.07) is 0. The van der Waals surface area contributed by atoms with Crippen LogP contribution in [-0.4, -0.2) is 36.4 Å². The fourth-order valence-corrected chi connectivity index (χ4v) is 1.26. The van der Waals surface area contributed by atoms with Crippen LogP contribution in [0.2, 0.25) is 0 Å². The highest BCUT2D eigenvalue weighted by Crippen LogP contribution is 2.25. The number of aromatic nitrogens is 2. The molecule has 1 aromatic rings. The molecule has 3 N–H and O–H groups in total. The molecule has 1 aromatic heterocycles.